The largest absolute Gasteiger partial charge is 0.454 e. The Hall–Kier alpha value is -3.56. The van der Waals surface area contributed by atoms with Gasteiger partial charge < -0.3 is 9.64 Å². The topological polar surface area (TPSA) is 84.0 Å². The van der Waals surface area contributed by atoms with E-state index in [4.69, 9.17) is 4.74 Å². The molecular weight excluding hydrogens is 471 g/mol. The van der Waals surface area contributed by atoms with Gasteiger partial charge in [-0.15, -0.1) is 0 Å². The number of fused-ring (bicyclic) bond motifs is 1. The molecule has 180 valence electrons. The molecule has 7 nitrogen and oxygen atoms in total. The van der Waals surface area contributed by atoms with Gasteiger partial charge in [0, 0.05) is 38.2 Å². The first-order valence-electron chi connectivity index (χ1n) is 11.3. The van der Waals surface area contributed by atoms with Crippen molar-refractivity contribution in [2.45, 2.75) is 17.4 Å². The molecule has 0 aromatic heterocycles. The average molecular weight is 495 g/mol. The van der Waals surface area contributed by atoms with Crippen LogP contribution in [0.15, 0.2) is 77.7 Å². The summed E-state index contributed by atoms with van der Waals surface area (Å²) in [6, 6.07) is 19.1. The Morgan fingerprint density at radius 1 is 0.914 bits per heavy atom. The van der Waals surface area contributed by atoms with Crippen molar-refractivity contribution in [2.24, 2.45) is 0 Å². The predicted molar refractivity (Wildman–Crippen MR) is 126 cm³/mol. The van der Waals surface area contributed by atoms with E-state index in [9.17, 15) is 22.4 Å². The molecule has 3 aromatic carbocycles. The van der Waals surface area contributed by atoms with Gasteiger partial charge in [-0.05, 0) is 53.6 Å². The van der Waals surface area contributed by atoms with Crippen LogP contribution in [-0.4, -0.2) is 55.7 Å². The van der Waals surface area contributed by atoms with Crippen molar-refractivity contribution in [3.05, 3.63) is 101 Å². The highest BCUT2D eigenvalue weighted by Gasteiger charge is 2.32. The normalized spacial score (nSPS) is 18.6. The Morgan fingerprint density at radius 2 is 1.60 bits per heavy atom. The zero-order valence-electron chi connectivity index (χ0n) is 18.8. The third kappa shape index (κ3) is 4.56. The zero-order valence-corrected chi connectivity index (χ0v) is 19.6. The van der Waals surface area contributed by atoms with Crippen molar-refractivity contribution >= 4 is 21.9 Å². The third-order valence-corrected chi connectivity index (χ3v) is 8.29. The van der Waals surface area contributed by atoms with Crippen LogP contribution in [0, 0.1) is 5.82 Å². The van der Waals surface area contributed by atoms with Gasteiger partial charge in [0.25, 0.3) is 5.91 Å². The molecule has 2 aliphatic heterocycles. The van der Waals surface area contributed by atoms with Gasteiger partial charge in [0.2, 0.25) is 10.0 Å². The van der Waals surface area contributed by atoms with Crippen LogP contribution in [0.3, 0.4) is 0 Å². The molecule has 1 atom stereocenters. The number of benzene rings is 3. The number of piperazine rings is 1. The Morgan fingerprint density at radius 3 is 2.29 bits per heavy atom. The Bertz CT molecular complexity index is 1370. The number of hydrogen-bond acceptors (Lipinski definition) is 5. The second kappa shape index (κ2) is 9.24. The summed E-state index contributed by atoms with van der Waals surface area (Å²) in [5, 5.41) is 0. The predicted octanol–water partition coefficient (Wildman–Crippen LogP) is 3.43. The molecule has 0 spiro atoms. The number of ether oxygens (including phenoxy) is 1. The molecule has 35 heavy (non-hydrogen) atoms. The van der Waals surface area contributed by atoms with Gasteiger partial charge in [0.15, 0.2) is 0 Å². The number of amides is 1. The number of carbonyl (C=O) groups is 2. The second-order valence-electron chi connectivity index (χ2n) is 8.53. The standard InChI is InChI=1S/C26H23FN2O5S/c27-21-7-9-22(10-8-21)35(32,33)29-14-12-28(13-15-29)25(30)19-6-11-23-20(16-19)17-24(34-26(23)31)18-4-2-1-3-5-18/h1-11,16,24H,12-15,17H2/t24-/m1/s1. The summed E-state index contributed by atoms with van der Waals surface area (Å²) < 4.78 is 45.7. The van der Waals surface area contributed by atoms with Gasteiger partial charge >= 0.3 is 5.97 Å². The molecule has 2 aliphatic rings. The lowest BCUT2D eigenvalue weighted by atomic mass is 9.93. The number of halogens is 1. The van der Waals surface area contributed by atoms with Crippen molar-refractivity contribution in [2.75, 3.05) is 26.2 Å². The van der Waals surface area contributed by atoms with Crippen LogP contribution in [0.1, 0.15) is 37.9 Å². The highest BCUT2D eigenvalue weighted by molar-refractivity contribution is 7.89. The van der Waals surface area contributed by atoms with Gasteiger partial charge in [-0.2, -0.15) is 4.31 Å². The molecular formula is C26H23FN2O5S. The molecule has 3 aromatic rings. The number of rotatable bonds is 4. The summed E-state index contributed by atoms with van der Waals surface area (Å²) in [4.78, 5) is 27.3. The average Bonchev–Trinajstić information content (AvgIpc) is 2.88. The SMILES string of the molecule is O=C1O[C@@H](c2ccccc2)Cc2cc(C(=O)N3CCN(S(=O)(=O)c4ccc(F)cc4)CC3)ccc21. The van der Waals surface area contributed by atoms with E-state index in [1.54, 1.807) is 23.1 Å². The number of nitrogens with zero attached hydrogens (tertiary/aromatic N) is 2. The summed E-state index contributed by atoms with van der Waals surface area (Å²) in [5.74, 6) is -1.15. The minimum absolute atomic E-state index is 0.0215. The summed E-state index contributed by atoms with van der Waals surface area (Å²) in [5.41, 5.74) is 2.53. The van der Waals surface area contributed by atoms with E-state index < -0.39 is 27.9 Å². The van der Waals surface area contributed by atoms with Crippen LogP contribution < -0.4 is 0 Å². The zero-order chi connectivity index (χ0) is 24.6. The summed E-state index contributed by atoms with van der Waals surface area (Å²) in [6.07, 6.45) is 0.0531. The second-order valence-corrected chi connectivity index (χ2v) is 10.5. The quantitative estimate of drug-likeness (QED) is 0.519. The number of sulfonamides is 1. The molecule has 2 heterocycles. The van der Waals surface area contributed by atoms with Gasteiger partial charge in [-0.3, -0.25) is 4.79 Å². The molecule has 1 amide bonds. The lowest BCUT2D eigenvalue weighted by Gasteiger charge is -2.34. The number of carbonyl (C=O) groups excluding carboxylic acids is 2. The molecule has 0 unspecified atom stereocenters. The van der Waals surface area contributed by atoms with Crippen molar-refractivity contribution in [3.8, 4) is 0 Å². The van der Waals surface area contributed by atoms with Crippen molar-refractivity contribution in [1.29, 1.82) is 0 Å². The van der Waals surface area contributed by atoms with Gasteiger partial charge in [-0.25, -0.2) is 17.6 Å². The fourth-order valence-electron chi connectivity index (χ4n) is 4.45. The van der Waals surface area contributed by atoms with E-state index in [1.807, 2.05) is 30.3 Å². The molecule has 9 heteroatoms. The maximum absolute atomic E-state index is 13.2. The van der Waals surface area contributed by atoms with E-state index in [0.29, 0.717) is 17.5 Å². The maximum atomic E-state index is 13.2. The summed E-state index contributed by atoms with van der Waals surface area (Å²) in [7, 11) is -3.77. The van der Waals surface area contributed by atoms with E-state index in [1.165, 1.54) is 16.4 Å². The lowest BCUT2D eigenvalue weighted by molar-refractivity contribution is 0.0252. The molecule has 0 aliphatic carbocycles. The number of hydrogen-bond donors (Lipinski definition) is 0. The first kappa shape index (κ1) is 23.2. The van der Waals surface area contributed by atoms with E-state index >= 15 is 0 Å². The van der Waals surface area contributed by atoms with Crippen LogP contribution in [0.5, 0.6) is 0 Å². The van der Waals surface area contributed by atoms with Crippen LogP contribution >= 0.6 is 0 Å². The first-order chi connectivity index (χ1) is 16.8. The van der Waals surface area contributed by atoms with E-state index in [0.717, 1.165) is 23.3 Å². The number of esters is 1. The van der Waals surface area contributed by atoms with Crippen LogP contribution in [-0.2, 0) is 21.2 Å². The van der Waals surface area contributed by atoms with Crippen molar-refractivity contribution in [1.82, 2.24) is 9.21 Å². The smallest absolute Gasteiger partial charge is 0.339 e. The van der Waals surface area contributed by atoms with Crippen molar-refractivity contribution < 1.29 is 27.1 Å². The fourth-order valence-corrected chi connectivity index (χ4v) is 5.87. The monoisotopic (exact) mass is 494 g/mol. The third-order valence-electron chi connectivity index (χ3n) is 6.38. The Balaban J connectivity index is 1.29. The highest BCUT2D eigenvalue weighted by atomic mass is 32.2. The van der Waals surface area contributed by atoms with Gasteiger partial charge in [0.1, 0.15) is 11.9 Å². The van der Waals surface area contributed by atoms with E-state index in [2.05, 4.69) is 0 Å². The molecule has 5 rings (SSSR count). The molecule has 0 radical (unpaired) electrons. The van der Waals surface area contributed by atoms with E-state index in [-0.39, 0.29) is 37.0 Å². The number of cyclic esters (lactones) is 1. The van der Waals surface area contributed by atoms with Crippen LogP contribution in [0.25, 0.3) is 0 Å². The molecule has 0 bridgehead atoms. The summed E-state index contributed by atoms with van der Waals surface area (Å²) in [6.45, 7) is 0.730. The van der Waals surface area contributed by atoms with Crippen LogP contribution in [0.4, 0.5) is 4.39 Å². The molecule has 0 N–H and O–H groups in total. The fraction of sp³-hybridized carbons (Fsp3) is 0.231. The molecule has 1 saturated heterocycles. The van der Waals surface area contributed by atoms with Crippen LogP contribution in [0.2, 0.25) is 0 Å². The Labute approximate surface area is 202 Å². The maximum Gasteiger partial charge on any atom is 0.339 e. The minimum atomic E-state index is -3.77. The van der Waals surface area contributed by atoms with Gasteiger partial charge in [-0.1, -0.05) is 30.3 Å². The summed E-state index contributed by atoms with van der Waals surface area (Å²) >= 11 is 0. The van der Waals surface area contributed by atoms with Gasteiger partial charge in [0.05, 0.1) is 10.5 Å². The molecule has 1 fully saturated rings. The van der Waals surface area contributed by atoms with Crippen molar-refractivity contribution in [3.63, 3.8) is 0 Å². The highest BCUT2D eigenvalue weighted by Crippen LogP contribution is 2.31. The minimum Gasteiger partial charge on any atom is -0.454 e. The lowest BCUT2D eigenvalue weighted by Crippen LogP contribution is -2.50. The molecule has 0 saturated carbocycles. The Kier molecular flexibility index (Phi) is 6.12. The first-order valence-corrected chi connectivity index (χ1v) is 12.7.